The number of oxazole rings is 1. The second kappa shape index (κ2) is 9.99. The largest absolute Gasteiger partial charge is 0.419 e. The quantitative estimate of drug-likeness (QED) is 0.632. The number of benzene rings is 1. The molecule has 172 valence electrons. The van der Waals surface area contributed by atoms with Crippen LogP contribution in [0.2, 0.25) is 0 Å². The molecule has 0 unspecified atom stereocenters. The Labute approximate surface area is 183 Å². The van der Waals surface area contributed by atoms with Gasteiger partial charge in [0, 0.05) is 32.7 Å². The molecular weight excluding hydrogens is 418 g/mol. The molecule has 1 fully saturated rings. The highest BCUT2D eigenvalue weighted by atomic mass is 32.2. The van der Waals surface area contributed by atoms with Crippen molar-refractivity contribution in [3.8, 4) is 0 Å². The SMILES string of the molecule is CCCC[C@@H](CC)CNC(=O)[C@H]1CCCN(S(=O)(=O)c2ccc3c(c2)oc(=O)n3C)C1. The minimum absolute atomic E-state index is 0.0700. The summed E-state index contributed by atoms with van der Waals surface area (Å²) in [6.45, 7) is 5.47. The lowest BCUT2D eigenvalue weighted by Gasteiger charge is -2.31. The van der Waals surface area contributed by atoms with Gasteiger partial charge in [-0.15, -0.1) is 0 Å². The molecular formula is C22H33N3O5S. The van der Waals surface area contributed by atoms with Crippen LogP contribution >= 0.6 is 0 Å². The number of hydrogen-bond donors (Lipinski definition) is 1. The Morgan fingerprint density at radius 2 is 2.10 bits per heavy atom. The Hall–Kier alpha value is -2.13. The number of piperidine rings is 1. The minimum atomic E-state index is -3.79. The molecule has 0 saturated carbocycles. The summed E-state index contributed by atoms with van der Waals surface area (Å²) in [7, 11) is -2.22. The highest BCUT2D eigenvalue weighted by molar-refractivity contribution is 7.89. The van der Waals surface area contributed by atoms with Crippen LogP contribution in [-0.4, -0.2) is 42.8 Å². The number of sulfonamides is 1. The first-order valence-electron chi connectivity index (χ1n) is 11.1. The molecule has 9 heteroatoms. The van der Waals surface area contributed by atoms with Crippen LogP contribution in [-0.2, 0) is 21.9 Å². The molecule has 0 radical (unpaired) electrons. The molecule has 1 saturated heterocycles. The van der Waals surface area contributed by atoms with Gasteiger partial charge in [-0.2, -0.15) is 4.31 Å². The van der Waals surface area contributed by atoms with Crippen molar-refractivity contribution in [2.24, 2.45) is 18.9 Å². The monoisotopic (exact) mass is 451 g/mol. The van der Waals surface area contributed by atoms with Crippen LogP contribution < -0.4 is 11.1 Å². The molecule has 2 aromatic rings. The highest BCUT2D eigenvalue weighted by Gasteiger charge is 2.33. The van der Waals surface area contributed by atoms with Crippen LogP contribution in [0.4, 0.5) is 0 Å². The van der Waals surface area contributed by atoms with Gasteiger partial charge in [0.15, 0.2) is 5.58 Å². The van der Waals surface area contributed by atoms with Crippen molar-refractivity contribution in [2.45, 2.75) is 57.3 Å². The summed E-state index contributed by atoms with van der Waals surface area (Å²) < 4.78 is 34.2. The molecule has 1 aliphatic heterocycles. The third-order valence-electron chi connectivity index (χ3n) is 6.26. The topological polar surface area (TPSA) is 102 Å². The van der Waals surface area contributed by atoms with Crippen molar-refractivity contribution < 1.29 is 17.6 Å². The van der Waals surface area contributed by atoms with Crippen LogP contribution in [0.5, 0.6) is 0 Å². The number of hydrogen-bond acceptors (Lipinski definition) is 5. The fourth-order valence-corrected chi connectivity index (χ4v) is 5.67. The van der Waals surface area contributed by atoms with Crippen LogP contribution in [0, 0.1) is 11.8 Å². The molecule has 0 spiro atoms. The number of nitrogens with zero attached hydrogens (tertiary/aromatic N) is 2. The Balaban J connectivity index is 1.69. The summed E-state index contributed by atoms with van der Waals surface area (Å²) in [6, 6.07) is 4.44. The molecule has 1 aromatic heterocycles. The van der Waals surface area contributed by atoms with Gasteiger partial charge in [0.1, 0.15) is 0 Å². The lowest BCUT2D eigenvalue weighted by Crippen LogP contribution is -2.46. The molecule has 1 aliphatic rings. The summed E-state index contributed by atoms with van der Waals surface area (Å²) >= 11 is 0. The van der Waals surface area contributed by atoms with E-state index >= 15 is 0 Å². The molecule has 1 aromatic carbocycles. The average Bonchev–Trinajstić information content (AvgIpc) is 3.06. The molecule has 0 bridgehead atoms. The molecule has 1 N–H and O–H groups in total. The fourth-order valence-electron chi connectivity index (χ4n) is 4.13. The maximum atomic E-state index is 13.2. The Morgan fingerprint density at radius 3 is 2.81 bits per heavy atom. The smallest absolute Gasteiger partial charge is 0.408 e. The first kappa shape index (κ1) is 23.5. The van der Waals surface area contributed by atoms with Gasteiger partial charge in [-0.25, -0.2) is 13.2 Å². The van der Waals surface area contributed by atoms with Gasteiger partial charge >= 0.3 is 5.76 Å². The Bertz CT molecular complexity index is 1070. The first-order chi connectivity index (χ1) is 14.8. The number of fused-ring (bicyclic) bond motifs is 1. The van der Waals surface area contributed by atoms with E-state index < -0.39 is 15.8 Å². The molecule has 31 heavy (non-hydrogen) atoms. The molecule has 1 amide bonds. The van der Waals surface area contributed by atoms with Crippen molar-refractivity contribution >= 4 is 27.0 Å². The van der Waals surface area contributed by atoms with Crippen molar-refractivity contribution in [1.82, 2.24) is 14.2 Å². The zero-order chi connectivity index (χ0) is 22.6. The van der Waals surface area contributed by atoms with Gasteiger partial charge in [0.2, 0.25) is 15.9 Å². The van der Waals surface area contributed by atoms with Gasteiger partial charge in [0.25, 0.3) is 0 Å². The van der Waals surface area contributed by atoms with E-state index in [0.717, 1.165) is 25.7 Å². The summed E-state index contributed by atoms with van der Waals surface area (Å²) in [4.78, 5) is 24.5. The van der Waals surface area contributed by atoms with E-state index in [1.165, 1.54) is 21.0 Å². The predicted molar refractivity (Wildman–Crippen MR) is 119 cm³/mol. The van der Waals surface area contributed by atoms with Crippen LogP contribution in [0.25, 0.3) is 11.1 Å². The van der Waals surface area contributed by atoms with Crippen molar-refractivity contribution in [3.63, 3.8) is 0 Å². The second-order valence-corrected chi connectivity index (χ2v) is 10.4. The standard InChI is InChI=1S/C22H33N3O5S/c1-4-6-8-16(5-2)14-23-21(26)17-9-7-12-25(15-17)31(28,29)18-10-11-19-20(13-18)30-22(27)24(19)3/h10-11,13,16-17H,4-9,12,14-15H2,1-3H3,(H,23,26)/t16-,17+/m1/s1. The lowest BCUT2D eigenvalue weighted by molar-refractivity contribution is -0.126. The van der Waals surface area contributed by atoms with E-state index in [1.54, 1.807) is 13.1 Å². The van der Waals surface area contributed by atoms with Gasteiger partial charge in [0.05, 0.1) is 16.3 Å². The molecule has 2 heterocycles. The Kier molecular flexibility index (Phi) is 7.59. The summed E-state index contributed by atoms with van der Waals surface area (Å²) in [5.41, 5.74) is 0.769. The summed E-state index contributed by atoms with van der Waals surface area (Å²) in [5.74, 6) is -0.506. The minimum Gasteiger partial charge on any atom is -0.408 e. The third kappa shape index (κ3) is 5.20. The number of nitrogens with one attached hydrogen (secondary N) is 1. The average molecular weight is 452 g/mol. The molecule has 8 nitrogen and oxygen atoms in total. The molecule has 3 rings (SSSR count). The number of unbranched alkanes of at least 4 members (excludes halogenated alkanes) is 1. The van der Waals surface area contributed by atoms with E-state index in [4.69, 9.17) is 4.42 Å². The van der Waals surface area contributed by atoms with Gasteiger partial charge in [-0.05, 0) is 37.3 Å². The number of aryl methyl sites for hydroxylation is 1. The van der Waals surface area contributed by atoms with Crippen LogP contribution in [0.3, 0.4) is 0 Å². The van der Waals surface area contributed by atoms with E-state index in [-0.39, 0.29) is 28.8 Å². The van der Waals surface area contributed by atoms with Crippen molar-refractivity contribution in [2.75, 3.05) is 19.6 Å². The van der Waals surface area contributed by atoms with Crippen LogP contribution in [0.1, 0.15) is 52.4 Å². The summed E-state index contributed by atoms with van der Waals surface area (Å²) in [5, 5.41) is 3.04. The lowest BCUT2D eigenvalue weighted by atomic mass is 9.96. The normalized spacial score (nSPS) is 18.9. The number of carbonyl (C=O) groups is 1. The second-order valence-electron chi connectivity index (χ2n) is 8.42. The predicted octanol–water partition coefficient (Wildman–Crippen LogP) is 2.86. The van der Waals surface area contributed by atoms with E-state index in [9.17, 15) is 18.0 Å². The number of aromatic nitrogens is 1. The van der Waals surface area contributed by atoms with E-state index in [2.05, 4.69) is 19.2 Å². The zero-order valence-corrected chi connectivity index (χ0v) is 19.4. The van der Waals surface area contributed by atoms with Crippen LogP contribution in [0.15, 0.2) is 32.3 Å². The van der Waals surface area contributed by atoms with Gasteiger partial charge in [-0.1, -0.05) is 33.1 Å². The van der Waals surface area contributed by atoms with Crippen molar-refractivity contribution in [1.29, 1.82) is 0 Å². The first-order valence-corrected chi connectivity index (χ1v) is 12.6. The van der Waals surface area contributed by atoms with Crippen molar-refractivity contribution in [3.05, 3.63) is 28.7 Å². The van der Waals surface area contributed by atoms with Gasteiger partial charge < -0.3 is 9.73 Å². The third-order valence-corrected chi connectivity index (χ3v) is 8.13. The van der Waals surface area contributed by atoms with E-state index in [0.29, 0.717) is 37.4 Å². The Morgan fingerprint density at radius 1 is 1.32 bits per heavy atom. The maximum Gasteiger partial charge on any atom is 0.419 e. The summed E-state index contributed by atoms with van der Waals surface area (Å²) in [6.07, 6.45) is 5.71. The number of carbonyl (C=O) groups excluding carboxylic acids is 1. The maximum absolute atomic E-state index is 13.2. The zero-order valence-electron chi connectivity index (χ0n) is 18.6. The fraction of sp³-hybridized carbons (Fsp3) is 0.636. The number of rotatable bonds is 9. The van der Waals surface area contributed by atoms with Gasteiger partial charge in [-0.3, -0.25) is 9.36 Å². The highest BCUT2D eigenvalue weighted by Crippen LogP contribution is 2.26. The molecule has 2 atom stereocenters. The number of amides is 1. The van der Waals surface area contributed by atoms with E-state index in [1.807, 2.05) is 0 Å². The molecule has 0 aliphatic carbocycles.